The molecule has 0 saturated carbocycles. The van der Waals surface area contributed by atoms with Crippen molar-refractivity contribution in [3.05, 3.63) is 34.8 Å². The van der Waals surface area contributed by atoms with Gasteiger partial charge in [-0.25, -0.2) is 0 Å². The van der Waals surface area contributed by atoms with Gasteiger partial charge in [0.15, 0.2) is 0 Å². The van der Waals surface area contributed by atoms with Gasteiger partial charge in [-0.1, -0.05) is 56.3 Å². The van der Waals surface area contributed by atoms with E-state index in [-0.39, 0.29) is 0 Å². The molecular weight excluding hydrogens is 270 g/mol. The fourth-order valence-electron chi connectivity index (χ4n) is 1.68. The minimum absolute atomic E-state index is 0.436. The van der Waals surface area contributed by atoms with Gasteiger partial charge in [0.1, 0.15) is 10.8 Å². The Morgan fingerprint density at radius 2 is 2.00 bits per heavy atom. The van der Waals surface area contributed by atoms with Gasteiger partial charge in [0.2, 0.25) is 0 Å². The summed E-state index contributed by atoms with van der Waals surface area (Å²) in [6.45, 7) is 9.27. The first kappa shape index (κ1) is 14.9. The van der Waals surface area contributed by atoms with Crippen molar-refractivity contribution in [1.29, 1.82) is 0 Å². The molecule has 0 aliphatic carbocycles. The maximum atomic E-state index is 5.77. The highest BCUT2D eigenvalue weighted by Gasteiger charge is 2.08. The molecule has 0 radical (unpaired) electrons. The van der Waals surface area contributed by atoms with E-state index in [4.69, 9.17) is 4.74 Å². The van der Waals surface area contributed by atoms with Crippen LogP contribution in [-0.4, -0.2) is 16.2 Å². The molecule has 0 amide bonds. The van der Waals surface area contributed by atoms with Crippen molar-refractivity contribution in [3.8, 4) is 10.9 Å². The number of benzene rings is 1. The van der Waals surface area contributed by atoms with Gasteiger partial charge in [0, 0.05) is 6.04 Å². The fourth-order valence-corrected chi connectivity index (χ4v) is 2.34. The first-order chi connectivity index (χ1) is 9.54. The lowest BCUT2D eigenvalue weighted by atomic mass is 10.0. The van der Waals surface area contributed by atoms with Crippen LogP contribution < -0.4 is 10.1 Å². The number of hydrogen-bond donors (Lipinski definition) is 1. The van der Waals surface area contributed by atoms with E-state index in [1.165, 1.54) is 16.9 Å². The van der Waals surface area contributed by atoms with Crippen LogP contribution in [0.1, 0.15) is 44.2 Å². The molecule has 0 aliphatic rings. The Balaban J connectivity index is 2.01. The van der Waals surface area contributed by atoms with Crippen LogP contribution in [0.15, 0.2) is 24.3 Å². The first-order valence-electron chi connectivity index (χ1n) is 6.88. The third-order valence-corrected chi connectivity index (χ3v) is 3.64. The molecule has 1 aromatic heterocycles. The molecule has 108 valence electrons. The van der Waals surface area contributed by atoms with Crippen LogP contribution in [0.25, 0.3) is 0 Å². The van der Waals surface area contributed by atoms with Crippen LogP contribution in [0.4, 0.5) is 0 Å². The quantitative estimate of drug-likeness (QED) is 0.875. The maximum Gasteiger partial charge on any atom is 0.299 e. The van der Waals surface area contributed by atoms with E-state index in [1.807, 2.05) is 12.1 Å². The summed E-state index contributed by atoms with van der Waals surface area (Å²) >= 11 is 1.48. The lowest BCUT2D eigenvalue weighted by molar-refractivity contribution is 0.472. The minimum atomic E-state index is 0.436. The molecule has 1 aromatic carbocycles. The molecule has 1 N–H and O–H groups in total. The van der Waals surface area contributed by atoms with Gasteiger partial charge in [-0.15, -0.1) is 5.10 Å². The molecule has 0 aliphatic heterocycles. The molecule has 0 saturated heterocycles. The summed E-state index contributed by atoms with van der Waals surface area (Å²) in [6.07, 6.45) is 0. The van der Waals surface area contributed by atoms with Gasteiger partial charge < -0.3 is 10.1 Å². The number of nitrogens with one attached hydrogen (secondary N) is 1. The Morgan fingerprint density at radius 1 is 1.20 bits per heavy atom. The standard InChI is InChI=1S/C15H21N3OS/c1-10(2)12-6-5-7-13(8-12)19-15-18-17-14(20-15)9-16-11(3)4/h5-8,10-11,16H,9H2,1-4H3. The second kappa shape index (κ2) is 6.81. The van der Waals surface area contributed by atoms with Crippen LogP contribution in [0, 0.1) is 0 Å². The first-order valence-corrected chi connectivity index (χ1v) is 7.70. The Labute approximate surface area is 124 Å². The van der Waals surface area contributed by atoms with Crippen molar-refractivity contribution in [2.75, 3.05) is 0 Å². The number of aromatic nitrogens is 2. The summed E-state index contributed by atoms with van der Waals surface area (Å²) in [7, 11) is 0. The SMILES string of the molecule is CC(C)NCc1nnc(Oc2cccc(C(C)C)c2)s1. The summed E-state index contributed by atoms with van der Waals surface area (Å²) < 4.78 is 5.77. The molecule has 4 nitrogen and oxygen atoms in total. The van der Waals surface area contributed by atoms with Crippen LogP contribution in [0.3, 0.4) is 0 Å². The molecule has 20 heavy (non-hydrogen) atoms. The molecule has 0 spiro atoms. The number of hydrogen-bond acceptors (Lipinski definition) is 5. The summed E-state index contributed by atoms with van der Waals surface area (Å²) in [5.41, 5.74) is 1.26. The van der Waals surface area contributed by atoms with E-state index in [0.717, 1.165) is 17.3 Å². The van der Waals surface area contributed by atoms with Gasteiger partial charge in [-0.2, -0.15) is 0 Å². The Morgan fingerprint density at radius 3 is 2.70 bits per heavy atom. The van der Waals surface area contributed by atoms with Crippen molar-refractivity contribution >= 4 is 11.3 Å². The second-order valence-corrected chi connectivity index (χ2v) is 6.35. The molecule has 2 aromatic rings. The lowest BCUT2D eigenvalue weighted by Gasteiger charge is -2.07. The highest BCUT2D eigenvalue weighted by Crippen LogP contribution is 2.27. The molecule has 2 rings (SSSR count). The summed E-state index contributed by atoms with van der Waals surface area (Å²) in [5.74, 6) is 1.30. The molecule has 0 fully saturated rings. The van der Waals surface area contributed by atoms with Gasteiger partial charge in [0.25, 0.3) is 5.19 Å². The minimum Gasteiger partial charge on any atom is -0.430 e. The Bertz CT molecular complexity index is 552. The van der Waals surface area contributed by atoms with E-state index in [9.17, 15) is 0 Å². The monoisotopic (exact) mass is 291 g/mol. The van der Waals surface area contributed by atoms with Crippen LogP contribution in [-0.2, 0) is 6.54 Å². The zero-order valence-corrected chi connectivity index (χ0v) is 13.2. The molecule has 1 heterocycles. The fraction of sp³-hybridized carbons (Fsp3) is 0.467. The molecule has 0 bridgehead atoms. The summed E-state index contributed by atoms with van der Waals surface area (Å²) in [5, 5.41) is 13.0. The predicted octanol–water partition coefficient (Wildman–Crippen LogP) is 3.95. The highest BCUT2D eigenvalue weighted by atomic mass is 32.1. The predicted molar refractivity (Wildman–Crippen MR) is 82.5 cm³/mol. The zero-order chi connectivity index (χ0) is 14.5. The van der Waals surface area contributed by atoms with Crippen molar-refractivity contribution in [2.45, 2.75) is 46.2 Å². The normalized spacial score (nSPS) is 11.3. The highest BCUT2D eigenvalue weighted by molar-refractivity contribution is 7.13. The topological polar surface area (TPSA) is 47.0 Å². The molecule has 0 atom stereocenters. The maximum absolute atomic E-state index is 5.77. The third-order valence-electron chi connectivity index (χ3n) is 2.84. The summed E-state index contributed by atoms with van der Waals surface area (Å²) in [4.78, 5) is 0. The Hall–Kier alpha value is -1.46. The van der Waals surface area contributed by atoms with Crippen molar-refractivity contribution in [2.24, 2.45) is 0 Å². The van der Waals surface area contributed by atoms with Gasteiger partial charge in [-0.3, -0.25) is 0 Å². The van der Waals surface area contributed by atoms with E-state index in [1.54, 1.807) is 0 Å². The second-order valence-electron chi connectivity index (χ2n) is 5.33. The number of nitrogens with zero attached hydrogens (tertiary/aromatic N) is 2. The zero-order valence-electron chi connectivity index (χ0n) is 12.4. The lowest BCUT2D eigenvalue weighted by Crippen LogP contribution is -2.21. The summed E-state index contributed by atoms with van der Waals surface area (Å²) in [6, 6.07) is 8.55. The number of ether oxygens (including phenoxy) is 1. The number of rotatable bonds is 6. The van der Waals surface area contributed by atoms with Gasteiger partial charge in [0.05, 0.1) is 6.54 Å². The third kappa shape index (κ3) is 4.28. The van der Waals surface area contributed by atoms with Crippen LogP contribution in [0.2, 0.25) is 0 Å². The van der Waals surface area contributed by atoms with E-state index in [0.29, 0.717) is 17.2 Å². The molecule has 5 heteroatoms. The van der Waals surface area contributed by atoms with E-state index < -0.39 is 0 Å². The average Bonchev–Trinajstić information content (AvgIpc) is 2.84. The van der Waals surface area contributed by atoms with Crippen LogP contribution >= 0.6 is 11.3 Å². The van der Waals surface area contributed by atoms with Crippen molar-refractivity contribution in [1.82, 2.24) is 15.5 Å². The van der Waals surface area contributed by atoms with Crippen LogP contribution in [0.5, 0.6) is 10.9 Å². The average molecular weight is 291 g/mol. The van der Waals surface area contributed by atoms with Gasteiger partial charge in [-0.05, 0) is 23.6 Å². The largest absolute Gasteiger partial charge is 0.430 e. The van der Waals surface area contributed by atoms with Crippen molar-refractivity contribution < 1.29 is 4.74 Å². The van der Waals surface area contributed by atoms with Gasteiger partial charge >= 0.3 is 0 Å². The van der Waals surface area contributed by atoms with E-state index >= 15 is 0 Å². The Kier molecular flexibility index (Phi) is 5.09. The smallest absolute Gasteiger partial charge is 0.299 e. The van der Waals surface area contributed by atoms with E-state index in [2.05, 4.69) is 55.3 Å². The van der Waals surface area contributed by atoms with Crippen molar-refractivity contribution in [3.63, 3.8) is 0 Å². The molecular formula is C15H21N3OS. The molecule has 0 unspecified atom stereocenters.